The van der Waals surface area contributed by atoms with Crippen molar-refractivity contribution in [1.29, 1.82) is 0 Å². The van der Waals surface area contributed by atoms with Gasteiger partial charge in [0, 0.05) is 23.6 Å². The van der Waals surface area contributed by atoms with Crippen LogP contribution >= 0.6 is 0 Å². The minimum absolute atomic E-state index is 0.0269. The molecule has 1 fully saturated rings. The highest BCUT2D eigenvalue weighted by molar-refractivity contribution is 5.83. The van der Waals surface area contributed by atoms with E-state index in [9.17, 15) is 38.1 Å². The average Bonchev–Trinajstić information content (AvgIpc) is 3.33. The van der Waals surface area contributed by atoms with Crippen LogP contribution in [0.4, 0.5) is 13.2 Å². The van der Waals surface area contributed by atoms with E-state index in [1.807, 2.05) is 13.1 Å². The smallest absolute Gasteiger partial charge is 0.490 e. The molecule has 2 aromatic rings. The molecule has 2 bridgehead atoms. The molecule has 4 N–H and O–H groups in total. The number of phenolic OH excluding ortho intramolecular Hbond substituents is 1. The van der Waals surface area contributed by atoms with Crippen molar-refractivity contribution >= 4 is 17.9 Å². The molecule has 2 aliphatic heterocycles. The van der Waals surface area contributed by atoms with Gasteiger partial charge in [0.2, 0.25) is 6.10 Å². The molecule has 6 atom stereocenters. The monoisotopic (exact) mass is 621 g/mol. The van der Waals surface area contributed by atoms with Crippen LogP contribution in [-0.4, -0.2) is 86.9 Å². The van der Waals surface area contributed by atoms with Crippen molar-refractivity contribution in [3.8, 4) is 11.5 Å². The first-order chi connectivity index (χ1) is 20.6. The van der Waals surface area contributed by atoms with Gasteiger partial charge in [-0.1, -0.05) is 36.4 Å². The predicted molar refractivity (Wildman–Crippen MR) is 143 cm³/mol. The highest BCUT2D eigenvalue weighted by atomic mass is 19.4. The van der Waals surface area contributed by atoms with E-state index in [0.29, 0.717) is 30.7 Å². The Labute approximate surface area is 249 Å². The topological polar surface area (TPSA) is 163 Å². The third kappa shape index (κ3) is 4.96. The summed E-state index contributed by atoms with van der Waals surface area (Å²) in [5.74, 6) is -4.07. The van der Waals surface area contributed by atoms with Crippen LogP contribution in [0.3, 0.4) is 0 Å². The summed E-state index contributed by atoms with van der Waals surface area (Å²) in [5.41, 5.74) is 0.0716. The lowest BCUT2D eigenvalue weighted by atomic mass is 9.50. The van der Waals surface area contributed by atoms with E-state index in [4.69, 9.17) is 24.1 Å². The summed E-state index contributed by atoms with van der Waals surface area (Å²) in [5, 5.41) is 39.7. The summed E-state index contributed by atoms with van der Waals surface area (Å²) in [6.45, 7) is 1.95. The number of aliphatic hydroxyl groups is 2. The van der Waals surface area contributed by atoms with E-state index >= 15 is 0 Å². The number of carboxylic acids is 1. The average molecular weight is 622 g/mol. The van der Waals surface area contributed by atoms with Crippen LogP contribution in [0.5, 0.6) is 11.5 Å². The van der Waals surface area contributed by atoms with Gasteiger partial charge in [-0.25, -0.2) is 14.4 Å². The van der Waals surface area contributed by atoms with Gasteiger partial charge in [0.25, 0.3) is 0 Å². The van der Waals surface area contributed by atoms with E-state index in [-0.39, 0.29) is 24.0 Å². The molecule has 236 valence electrons. The second-order valence-electron chi connectivity index (χ2n) is 11.2. The Morgan fingerprint density at radius 3 is 2.39 bits per heavy atom. The van der Waals surface area contributed by atoms with Crippen molar-refractivity contribution in [1.82, 2.24) is 4.90 Å². The number of hydrogen-bond acceptors (Lipinski definition) is 10. The number of likely N-dealkylation sites (tertiary alicyclic amines) is 1. The zero-order valence-electron chi connectivity index (χ0n) is 23.6. The molecule has 4 aliphatic rings. The van der Waals surface area contributed by atoms with Crippen LogP contribution < -0.4 is 4.74 Å². The summed E-state index contributed by atoms with van der Waals surface area (Å²) in [6.07, 6.45) is -5.72. The highest BCUT2D eigenvalue weighted by Gasteiger charge is 2.72. The second kappa shape index (κ2) is 11.1. The summed E-state index contributed by atoms with van der Waals surface area (Å²) in [4.78, 5) is 36.7. The first-order valence-corrected chi connectivity index (χ1v) is 13.7. The number of likely N-dealkylation sites (N-methyl/N-ethyl adjacent to an activating group) is 1. The number of piperidine rings is 1. The van der Waals surface area contributed by atoms with E-state index in [1.54, 1.807) is 42.5 Å². The van der Waals surface area contributed by atoms with Crippen LogP contribution in [0.1, 0.15) is 42.6 Å². The maximum Gasteiger partial charge on any atom is 0.490 e. The van der Waals surface area contributed by atoms with Gasteiger partial charge < -0.3 is 39.5 Å². The molecule has 2 aliphatic carbocycles. The summed E-state index contributed by atoms with van der Waals surface area (Å²) in [6, 6.07) is 11.7. The fraction of sp³-hybridized carbons (Fsp3) is 0.433. The molecule has 2 aromatic carbocycles. The Balaban J connectivity index is 0.000000493. The molecule has 1 saturated heterocycles. The van der Waals surface area contributed by atoms with Crippen molar-refractivity contribution in [2.75, 3.05) is 13.6 Å². The number of ether oxygens (including phenoxy) is 3. The van der Waals surface area contributed by atoms with Crippen molar-refractivity contribution < 1.29 is 62.2 Å². The number of rotatable bonds is 5. The van der Waals surface area contributed by atoms with Gasteiger partial charge in [0.15, 0.2) is 17.6 Å². The van der Waals surface area contributed by atoms with Crippen molar-refractivity contribution in [2.24, 2.45) is 0 Å². The van der Waals surface area contributed by atoms with Gasteiger partial charge in [0.05, 0.1) is 11.0 Å². The van der Waals surface area contributed by atoms with Gasteiger partial charge in [-0.3, -0.25) is 0 Å². The molecule has 44 heavy (non-hydrogen) atoms. The number of phenols is 1. The third-order valence-electron chi connectivity index (χ3n) is 8.71. The Bertz CT molecular complexity index is 1510. The molecule has 2 heterocycles. The molecule has 0 aromatic heterocycles. The van der Waals surface area contributed by atoms with Crippen molar-refractivity contribution in [3.05, 3.63) is 71.0 Å². The van der Waals surface area contributed by atoms with Gasteiger partial charge in [0.1, 0.15) is 11.9 Å². The molecule has 1 unspecified atom stereocenters. The van der Waals surface area contributed by atoms with E-state index in [1.165, 1.54) is 6.92 Å². The van der Waals surface area contributed by atoms with Crippen LogP contribution in [0, 0.1) is 0 Å². The molecular formula is C30H30F3NO10. The molecule has 0 radical (unpaired) electrons. The van der Waals surface area contributed by atoms with Crippen molar-refractivity contribution in [3.63, 3.8) is 0 Å². The minimum Gasteiger partial charge on any atom is -0.504 e. The van der Waals surface area contributed by atoms with Gasteiger partial charge >= 0.3 is 24.1 Å². The molecular weight excluding hydrogens is 591 g/mol. The third-order valence-corrected chi connectivity index (χ3v) is 8.71. The van der Waals surface area contributed by atoms with Crippen molar-refractivity contribution in [2.45, 2.75) is 67.7 Å². The SMILES string of the molecule is CC(O)C(=O)O[C@H](C(=O)OC1=CC[C@@]2(O)[C@H]3Cc4ccc(O)c5c4[C@@]2(CCN3C)[C@H]1O5)c1ccccc1.O=C(O)C(F)(F)F. The fourth-order valence-electron chi connectivity index (χ4n) is 6.70. The van der Waals surface area contributed by atoms with Gasteiger partial charge in [-0.15, -0.1) is 0 Å². The van der Waals surface area contributed by atoms with E-state index < -0.39 is 53.4 Å². The minimum atomic E-state index is -5.08. The zero-order valence-corrected chi connectivity index (χ0v) is 23.6. The summed E-state index contributed by atoms with van der Waals surface area (Å²) in [7, 11) is 1.99. The Morgan fingerprint density at radius 2 is 1.77 bits per heavy atom. The number of carbonyl (C=O) groups excluding carboxylic acids is 2. The second-order valence-corrected chi connectivity index (χ2v) is 11.2. The Kier molecular flexibility index (Phi) is 7.89. The van der Waals surface area contributed by atoms with Gasteiger partial charge in [-0.2, -0.15) is 13.2 Å². The number of aromatic hydroxyl groups is 1. The molecule has 1 spiro atoms. The molecule has 0 amide bonds. The number of nitrogens with zero attached hydrogens (tertiary/aromatic N) is 1. The lowest BCUT2D eigenvalue weighted by molar-refractivity contribution is -0.192. The van der Waals surface area contributed by atoms with Gasteiger partial charge in [-0.05, 0) is 51.1 Å². The number of halogens is 3. The summed E-state index contributed by atoms with van der Waals surface area (Å²) >= 11 is 0. The lowest BCUT2D eigenvalue weighted by Crippen LogP contribution is -2.74. The normalized spacial score (nSPS) is 27.8. The van der Waals surface area contributed by atoms with Crippen LogP contribution in [0.25, 0.3) is 0 Å². The first-order valence-electron chi connectivity index (χ1n) is 13.7. The molecule has 14 heteroatoms. The number of aliphatic carboxylic acids is 1. The number of esters is 2. The van der Waals surface area contributed by atoms with Crippen LogP contribution in [0.15, 0.2) is 54.3 Å². The maximum absolute atomic E-state index is 13.5. The number of benzene rings is 2. The Hall–Kier alpha value is -4.14. The van der Waals surface area contributed by atoms with E-state index in [0.717, 1.165) is 11.1 Å². The highest BCUT2D eigenvalue weighted by Crippen LogP contribution is 2.65. The van der Waals surface area contributed by atoms with Crippen LogP contribution in [0.2, 0.25) is 0 Å². The number of alkyl halides is 3. The number of hydrogen-bond donors (Lipinski definition) is 4. The van der Waals surface area contributed by atoms with Crippen LogP contribution in [-0.2, 0) is 35.7 Å². The largest absolute Gasteiger partial charge is 0.504 e. The zero-order chi connectivity index (χ0) is 32.2. The molecule has 6 rings (SSSR count). The Morgan fingerprint density at radius 1 is 1.11 bits per heavy atom. The number of carboxylic acid groups (broad SMARTS) is 1. The lowest BCUT2D eigenvalue weighted by Gasteiger charge is -2.61. The molecule has 0 saturated carbocycles. The predicted octanol–water partition coefficient (Wildman–Crippen LogP) is 2.51. The first kappa shape index (κ1) is 31.3. The number of carbonyl (C=O) groups is 3. The quantitative estimate of drug-likeness (QED) is 0.363. The standard InChI is InChI=1S/C28H29NO8.C2HF3O2/c1-15(30)25(32)37-22(16-6-4-3-5-7-16)26(33)35-19-10-11-28(34)20-14-17-8-9-18(31)23-21(17)27(28,24(19)36-23)12-13-29(20)2;3-2(4,5)1(6)7/h3-10,15,20,22,24,30-31,34H,11-14H2,1-2H3;(H,6,7)/t15?,20-,22+,24+,27+,28-;/m1./s1. The number of aliphatic hydroxyl groups excluding tert-OH is 1. The van der Waals surface area contributed by atoms with E-state index in [2.05, 4.69) is 4.90 Å². The molecule has 11 nitrogen and oxygen atoms in total. The summed E-state index contributed by atoms with van der Waals surface area (Å²) < 4.78 is 49.2. The maximum atomic E-state index is 13.5. The fourth-order valence-corrected chi connectivity index (χ4v) is 6.70.